The number of thioether (sulfide) groups is 1. The van der Waals surface area contributed by atoms with E-state index in [0.717, 1.165) is 32.3 Å². The van der Waals surface area contributed by atoms with Crippen LogP contribution in [-0.4, -0.2) is 115 Å². The number of carboxylic acids is 1. The number of hydrogen-bond donors (Lipinski definition) is 3. The summed E-state index contributed by atoms with van der Waals surface area (Å²) in [4.78, 5) is 40.9. The zero-order chi connectivity index (χ0) is 33.4. The molecule has 1 aromatic carbocycles. The fourth-order valence-electron chi connectivity index (χ4n) is 4.61. The third-order valence-electron chi connectivity index (χ3n) is 6.88. The molecule has 4 rings (SSSR count). The van der Waals surface area contributed by atoms with Crippen LogP contribution in [0.2, 0.25) is 0 Å². The Bertz CT molecular complexity index is 1770. The molecule has 2 fully saturated rings. The average molecular weight is 815 g/mol. The van der Waals surface area contributed by atoms with Crippen LogP contribution in [0.25, 0.3) is 0 Å². The van der Waals surface area contributed by atoms with E-state index in [1.165, 1.54) is 3.61 Å². The molecule has 3 heterocycles. The molecule has 0 bridgehead atoms. The number of benzene rings is 1. The van der Waals surface area contributed by atoms with Crippen LogP contribution in [0, 0.1) is 19.8 Å². The van der Waals surface area contributed by atoms with Gasteiger partial charge in [-0.05, 0) is 0 Å². The molecule has 45 heavy (non-hydrogen) atoms. The summed E-state index contributed by atoms with van der Waals surface area (Å²) in [5.41, 5.74) is 3.20. The Morgan fingerprint density at radius 1 is 1.11 bits per heavy atom. The fourth-order valence-corrected chi connectivity index (χ4v) is 10.7. The summed E-state index contributed by atoms with van der Waals surface area (Å²) in [7, 11) is -8.85. The van der Waals surface area contributed by atoms with Crippen LogP contribution in [0.3, 0.4) is 0 Å². The van der Waals surface area contributed by atoms with Crippen LogP contribution in [-0.2, 0) is 39.4 Å². The van der Waals surface area contributed by atoms with Gasteiger partial charge >= 0.3 is 271 Å². The van der Waals surface area contributed by atoms with Gasteiger partial charge in [-0.2, -0.15) is 0 Å². The molecule has 2 saturated heterocycles. The average Bonchev–Trinajstić information content (AvgIpc) is 3.49. The number of carbonyl (C=O) groups is 3. The zero-order valence-corrected chi connectivity index (χ0v) is 29.7. The van der Waals surface area contributed by atoms with Gasteiger partial charge in [-0.1, -0.05) is 0 Å². The first-order valence-electron chi connectivity index (χ1n) is 13.2. The minimum atomic E-state index is -4.73. The van der Waals surface area contributed by atoms with E-state index in [2.05, 4.69) is 12.1 Å². The van der Waals surface area contributed by atoms with E-state index in [9.17, 15) is 40.3 Å². The molecule has 3 N–H and O–H groups in total. The van der Waals surface area contributed by atoms with Crippen LogP contribution >= 0.6 is 24.0 Å². The van der Waals surface area contributed by atoms with Gasteiger partial charge in [0.2, 0.25) is 0 Å². The first kappa shape index (κ1) is 35.4. The normalized spacial score (nSPS) is 22.2. The first-order chi connectivity index (χ1) is 20.9. The van der Waals surface area contributed by atoms with Gasteiger partial charge in [-0.15, -0.1) is 0 Å². The minimum absolute atomic E-state index is 0.206. The molecule has 0 saturated carbocycles. The number of carboxylic acid groups (broad SMARTS) is 1. The predicted octanol–water partition coefficient (Wildman–Crippen LogP) is 0.951. The molecule has 3 aliphatic rings. The molecule has 0 aromatic heterocycles. The molecule has 244 valence electrons. The van der Waals surface area contributed by atoms with E-state index in [1.54, 1.807) is 19.1 Å². The molecular formula is C26H29N3O11S4Te. The molecule has 2 atom stereocenters. The van der Waals surface area contributed by atoms with Crippen molar-refractivity contribution in [2.75, 3.05) is 29.6 Å². The Morgan fingerprint density at radius 2 is 1.78 bits per heavy atom. The molecule has 19 heteroatoms. The van der Waals surface area contributed by atoms with Crippen molar-refractivity contribution in [3.63, 3.8) is 0 Å². The van der Waals surface area contributed by atoms with E-state index >= 15 is 0 Å². The number of ether oxygens (including phenoxy) is 1. The Balaban J connectivity index is 1.59. The summed E-state index contributed by atoms with van der Waals surface area (Å²) < 4.78 is 72.3. The Morgan fingerprint density at radius 3 is 2.40 bits per heavy atom. The van der Waals surface area contributed by atoms with E-state index in [0.29, 0.717) is 16.3 Å². The van der Waals surface area contributed by atoms with Crippen molar-refractivity contribution in [1.29, 1.82) is 0 Å². The second-order valence-corrected chi connectivity index (χ2v) is 17.9. The molecular weight excluding hydrogens is 786 g/mol. The van der Waals surface area contributed by atoms with Gasteiger partial charge in [-0.25, -0.2) is 0 Å². The number of thiocarbonyl (C=S) groups is 1. The van der Waals surface area contributed by atoms with Gasteiger partial charge in [0.25, 0.3) is 0 Å². The second kappa shape index (κ2) is 13.7. The third kappa shape index (κ3) is 8.46. The van der Waals surface area contributed by atoms with Crippen molar-refractivity contribution in [2.45, 2.75) is 32.4 Å². The van der Waals surface area contributed by atoms with E-state index < -0.39 is 93.5 Å². The van der Waals surface area contributed by atoms with Crippen molar-refractivity contribution in [3.05, 3.63) is 56.0 Å². The standard InChI is InChI=1S/C26H29N3O11S4Te/c1-14(6-4-7-19-27(8-5-9-43(34,35)36)17-10-15(2)16(3)11-18(17)45-19)22-24(33)29(13-44(37,38)39)25(42-22)21-23(32)28(12-20(30)31)26(41)40-21/h4,6-7,10-11,14,22H,5,8-9,12-13H2,1-3H3,(H,30,31)(H,34,35,36)(H,37,38,39)/b6-4+,19-7-,25-21-. The van der Waals surface area contributed by atoms with Crippen molar-refractivity contribution in [2.24, 2.45) is 5.92 Å². The first-order valence-corrected chi connectivity index (χ1v) is 20.0. The summed E-state index contributed by atoms with van der Waals surface area (Å²) in [5, 5.41) is 7.48. The maximum atomic E-state index is 13.4. The second-order valence-electron chi connectivity index (χ2n) is 10.3. The van der Waals surface area contributed by atoms with Crippen molar-refractivity contribution >= 4 is 97.4 Å². The molecule has 0 aliphatic carbocycles. The topological polar surface area (TPSA) is 199 Å². The van der Waals surface area contributed by atoms with Crippen LogP contribution in [0.4, 0.5) is 5.69 Å². The Hall–Kier alpha value is -2.50. The van der Waals surface area contributed by atoms with Crippen LogP contribution in [0.1, 0.15) is 24.5 Å². The van der Waals surface area contributed by atoms with Crippen LogP contribution < -0.4 is 8.51 Å². The van der Waals surface area contributed by atoms with Crippen LogP contribution in [0.5, 0.6) is 0 Å². The summed E-state index contributed by atoms with van der Waals surface area (Å²) in [6.07, 6.45) is 5.56. The van der Waals surface area contributed by atoms with E-state index in [-0.39, 0.29) is 17.2 Å². The van der Waals surface area contributed by atoms with Gasteiger partial charge in [0.05, 0.1) is 0 Å². The summed E-state index contributed by atoms with van der Waals surface area (Å²) in [6.45, 7) is 5.27. The van der Waals surface area contributed by atoms with Crippen molar-refractivity contribution in [1.82, 2.24) is 9.80 Å². The molecule has 0 spiro atoms. The SMILES string of the molecule is Cc1cc2c(cc1C)N(CCCS(=O)(=O)O)/C(=C/C=C/C(C)C1S/C(=C3\OC(=S)N(CC(=O)O)C3=O)N(CS(=O)(=O)O)C1=O)[Te]2. The number of nitrogens with zero attached hydrogens (tertiary/aromatic N) is 3. The maximum absolute atomic E-state index is 13.4. The summed E-state index contributed by atoms with van der Waals surface area (Å²) in [6, 6.07) is 4.18. The summed E-state index contributed by atoms with van der Waals surface area (Å²) in [5.74, 6) is -5.62. The molecule has 2 unspecified atom stereocenters. The van der Waals surface area contributed by atoms with Crippen LogP contribution in [0.15, 0.2) is 44.9 Å². The quantitative estimate of drug-likeness (QED) is 0.124. The number of aryl methyl sites for hydroxylation is 2. The van der Waals surface area contributed by atoms with Gasteiger partial charge in [0, 0.05) is 0 Å². The predicted molar refractivity (Wildman–Crippen MR) is 171 cm³/mol. The van der Waals surface area contributed by atoms with Gasteiger partial charge in [-0.3, -0.25) is 4.79 Å². The number of rotatable bonds is 11. The molecule has 3 aliphatic heterocycles. The number of allylic oxidation sites excluding steroid dienone is 3. The third-order valence-corrected chi connectivity index (χ3v) is 13.3. The van der Waals surface area contributed by atoms with E-state index in [1.807, 2.05) is 24.8 Å². The molecule has 2 amide bonds. The van der Waals surface area contributed by atoms with E-state index in [4.69, 9.17) is 22.1 Å². The number of fused-ring (bicyclic) bond motifs is 1. The zero-order valence-electron chi connectivity index (χ0n) is 24.1. The molecule has 1 aromatic rings. The number of amides is 2. The van der Waals surface area contributed by atoms with Gasteiger partial charge in [0.15, 0.2) is 0 Å². The van der Waals surface area contributed by atoms with Gasteiger partial charge in [0.1, 0.15) is 0 Å². The van der Waals surface area contributed by atoms with Gasteiger partial charge < -0.3 is 5.11 Å². The number of aliphatic carboxylic acids is 1. The Labute approximate surface area is 279 Å². The molecule has 14 nitrogen and oxygen atoms in total. The number of carbonyl (C=O) groups excluding carboxylic acids is 2. The summed E-state index contributed by atoms with van der Waals surface area (Å²) >= 11 is 4.93. The number of hydrogen-bond acceptors (Lipinski definition) is 11. The van der Waals surface area contributed by atoms with Crippen molar-refractivity contribution < 1.29 is 50.2 Å². The van der Waals surface area contributed by atoms with Crippen molar-refractivity contribution in [3.8, 4) is 0 Å². The number of anilines is 1. The molecule has 0 radical (unpaired) electrons. The Kier molecular flexibility index (Phi) is 10.8. The monoisotopic (exact) mass is 817 g/mol. The fraction of sp³-hybridized carbons (Fsp3) is 0.385.